The van der Waals surface area contributed by atoms with Crippen LogP contribution < -0.4 is 14.4 Å². The number of para-hydroxylation sites is 3. The van der Waals surface area contributed by atoms with E-state index in [1.165, 1.54) is 23.2 Å². The molecule has 0 spiro atoms. The molecule has 4 nitrogen and oxygen atoms in total. The van der Waals surface area contributed by atoms with Crippen LogP contribution in [0.3, 0.4) is 0 Å². The third-order valence-corrected chi connectivity index (χ3v) is 5.32. The fourth-order valence-corrected chi connectivity index (χ4v) is 3.74. The molecular formula is C23H33ClN2O2. The molecule has 28 heavy (non-hydrogen) atoms. The molecule has 3 rings (SSSR count). The van der Waals surface area contributed by atoms with Crippen molar-refractivity contribution < 1.29 is 9.47 Å². The molecule has 1 heterocycles. The average molecular weight is 405 g/mol. The Labute approximate surface area is 175 Å². The number of rotatable bonds is 8. The quantitative estimate of drug-likeness (QED) is 0.594. The van der Waals surface area contributed by atoms with E-state index in [-0.39, 0.29) is 12.4 Å². The fourth-order valence-electron chi connectivity index (χ4n) is 3.74. The zero-order valence-corrected chi connectivity index (χ0v) is 18.1. The Morgan fingerprint density at radius 3 is 2.21 bits per heavy atom. The van der Waals surface area contributed by atoms with E-state index in [1.54, 1.807) is 7.11 Å². The molecule has 1 aliphatic heterocycles. The van der Waals surface area contributed by atoms with E-state index in [4.69, 9.17) is 9.47 Å². The van der Waals surface area contributed by atoms with Gasteiger partial charge in [0.25, 0.3) is 0 Å². The summed E-state index contributed by atoms with van der Waals surface area (Å²) in [4.78, 5) is 4.99. The van der Waals surface area contributed by atoms with Crippen LogP contribution in [0.25, 0.3) is 0 Å². The van der Waals surface area contributed by atoms with Crippen LogP contribution in [0.2, 0.25) is 0 Å². The predicted octanol–water partition coefficient (Wildman–Crippen LogP) is 4.72. The summed E-state index contributed by atoms with van der Waals surface area (Å²) < 4.78 is 11.5. The van der Waals surface area contributed by atoms with Gasteiger partial charge in [0.1, 0.15) is 11.5 Å². The number of hydrogen-bond acceptors (Lipinski definition) is 4. The highest BCUT2D eigenvalue weighted by Crippen LogP contribution is 2.28. The van der Waals surface area contributed by atoms with Gasteiger partial charge in [-0.2, -0.15) is 0 Å². The molecule has 1 saturated heterocycles. The van der Waals surface area contributed by atoms with E-state index in [2.05, 4.69) is 54.0 Å². The molecule has 0 unspecified atom stereocenters. The van der Waals surface area contributed by atoms with Crippen molar-refractivity contribution in [2.45, 2.75) is 26.7 Å². The maximum Gasteiger partial charge on any atom is 0.142 e. The van der Waals surface area contributed by atoms with Crippen LogP contribution >= 0.6 is 12.4 Å². The summed E-state index contributed by atoms with van der Waals surface area (Å²) in [7, 11) is 1.75. The summed E-state index contributed by atoms with van der Waals surface area (Å²) in [5.41, 5.74) is 3.66. The normalized spacial score (nSPS) is 14.5. The van der Waals surface area contributed by atoms with E-state index in [9.17, 15) is 0 Å². The first-order valence-electron chi connectivity index (χ1n) is 9.98. The lowest BCUT2D eigenvalue weighted by molar-refractivity contribution is 0.237. The lowest BCUT2D eigenvalue weighted by atomic mass is 10.1. The summed E-state index contributed by atoms with van der Waals surface area (Å²) in [6.07, 6.45) is 2.28. The highest BCUT2D eigenvalue weighted by atomic mass is 35.5. The van der Waals surface area contributed by atoms with Gasteiger partial charge in [-0.1, -0.05) is 30.3 Å². The molecular weight excluding hydrogens is 372 g/mol. The molecule has 2 aromatic carbocycles. The number of methoxy groups -OCH3 is 1. The smallest absolute Gasteiger partial charge is 0.142 e. The molecule has 0 aromatic heterocycles. The van der Waals surface area contributed by atoms with Gasteiger partial charge < -0.3 is 14.4 Å². The van der Waals surface area contributed by atoms with E-state index in [0.717, 1.165) is 57.3 Å². The molecule has 0 saturated carbocycles. The van der Waals surface area contributed by atoms with Gasteiger partial charge in [0.05, 0.1) is 19.4 Å². The summed E-state index contributed by atoms with van der Waals surface area (Å²) in [5.74, 6) is 2.03. The largest absolute Gasteiger partial charge is 0.495 e. The van der Waals surface area contributed by atoms with Gasteiger partial charge in [0.2, 0.25) is 0 Å². The second-order valence-electron chi connectivity index (χ2n) is 7.28. The SMILES string of the molecule is COc1ccccc1N1CCN(CCCCOc2c(C)cccc2C)CC1.Cl. The molecule has 0 aliphatic carbocycles. The molecule has 154 valence electrons. The Morgan fingerprint density at radius 2 is 1.54 bits per heavy atom. The standard InChI is InChI=1S/C23H32N2O2.ClH/c1-19-9-8-10-20(2)23(19)27-18-7-6-13-24-14-16-25(17-15-24)21-11-4-5-12-22(21)26-3;/h4-5,8-12H,6-7,13-18H2,1-3H3;1H. The Morgan fingerprint density at radius 1 is 0.857 bits per heavy atom. The lowest BCUT2D eigenvalue weighted by Crippen LogP contribution is -2.46. The first-order valence-corrected chi connectivity index (χ1v) is 9.98. The molecule has 1 aliphatic rings. The lowest BCUT2D eigenvalue weighted by Gasteiger charge is -2.36. The van der Waals surface area contributed by atoms with E-state index >= 15 is 0 Å². The number of anilines is 1. The number of halogens is 1. The van der Waals surface area contributed by atoms with Crippen LogP contribution in [0.1, 0.15) is 24.0 Å². The monoisotopic (exact) mass is 404 g/mol. The molecule has 1 fully saturated rings. The summed E-state index contributed by atoms with van der Waals surface area (Å²) in [6, 6.07) is 14.6. The second-order valence-corrected chi connectivity index (χ2v) is 7.28. The van der Waals surface area contributed by atoms with Crippen molar-refractivity contribution in [3.05, 3.63) is 53.6 Å². The molecule has 0 radical (unpaired) electrons. The Balaban J connectivity index is 0.00000280. The van der Waals surface area contributed by atoms with Crippen LogP contribution in [0.5, 0.6) is 11.5 Å². The van der Waals surface area contributed by atoms with Gasteiger partial charge in [-0.15, -0.1) is 12.4 Å². The van der Waals surface area contributed by atoms with Gasteiger partial charge in [-0.3, -0.25) is 4.90 Å². The Bertz CT molecular complexity index is 710. The maximum absolute atomic E-state index is 6.02. The zero-order chi connectivity index (χ0) is 19.1. The van der Waals surface area contributed by atoms with Crippen LogP contribution in [0.15, 0.2) is 42.5 Å². The van der Waals surface area contributed by atoms with Crippen molar-refractivity contribution >= 4 is 18.1 Å². The van der Waals surface area contributed by atoms with Crippen molar-refractivity contribution in [1.82, 2.24) is 4.90 Å². The van der Waals surface area contributed by atoms with Gasteiger partial charge in [-0.05, 0) is 56.5 Å². The number of hydrogen-bond donors (Lipinski definition) is 0. The van der Waals surface area contributed by atoms with Crippen molar-refractivity contribution in [1.29, 1.82) is 0 Å². The number of nitrogens with zero attached hydrogens (tertiary/aromatic N) is 2. The summed E-state index contributed by atoms with van der Waals surface area (Å²) in [5, 5.41) is 0. The molecule has 0 amide bonds. The van der Waals surface area contributed by atoms with Crippen molar-refractivity contribution in [2.75, 3.05) is 51.3 Å². The molecule has 0 N–H and O–H groups in total. The van der Waals surface area contributed by atoms with Gasteiger partial charge >= 0.3 is 0 Å². The molecule has 2 aromatic rings. The minimum Gasteiger partial charge on any atom is -0.495 e. The van der Waals surface area contributed by atoms with E-state index in [1.807, 2.05) is 12.1 Å². The highest BCUT2D eigenvalue weighted by Gasteiger charge is 2.19. The van der Waals surface area contributed by atoms with Crippen LogP contribution in [-0.2, 0) is 0 Å². The van der Waals surface area contributed by atoms with Crippen molar-refractivity contribution in [3.8, 4) is 11.5 Å². The zero-order valence-electron chi connectivity index (χ0n) is 17.3. The van der Waals surface area contributed by atoms with Crippen LogP contribution in [0.4, 0.5) is 5.69 Å². The first kappa shape index (κ1) is 22.4. The first-order chi connectivity index (χ1) is 13.2. The minimum atomic E-state index is 0. The molecule has 5 heteroatoms. The van der Waals surface area contributed by atoms with Gasteiger partial charge in [0.15, 0.2) is 0 Å². The minimum absolute atomic E-state index is 0. The van der Waals surface area contributed by atoms with E-state index in [0.29, 0.717) is 0 Å². The molecule has 0 bridgehead atoms. The fraction of sp³-hybridized carbons (Fsp3) is 0.478. The number of piperazine rings is 1. The molecule has 0 atom stereocenters. The summed E-state index contributed by atoms with van der Waals surface area (Å²) in [6.45, 7) is 10.5. The van der Waals surface area contributed by atoms with Gasteiger partial charge in [-0.25, -0.2) is 0 Å². The third kappa shape index (κ3) is 5.79. The number of ether oxygens (including phenoxy) is 2. The third-order valence-electron chi connectivity index (χ3n) is 5.32. The van der Waals surface area contributed by atoms with Crippen molar-refractivity contribution in [3.63, 3.8) is 0 Å². The number of benzene rings is 2. The van der Waals surface area contributed by atoms with Crippen molar-refractivity contribution in [2.24, 2.45) is 0 Å². The highest BCUT2D eigenvalue weighted by molar-refractivity contribution is 5.85. The average Bonchev–Trinajstić information content (AvgIpc) is 2.70. The second kappa shape index (κ2) is 11.2. The summed E-state index contributed by atoms with van der Waals surface area (Å²) >= 11 is 0. The Hall–Kier alpha value is -1.91. The Kier molecular flexibility index (Phi) is 8.94. The van der Waals surface area contributed by atoms with E-state index < -0.39 is 0 Å². The van der Waals surface area contributed by atoms with Crippen LogP contribution in [0, 0.1) is 13.8 Å². The number of unbranched alkanes of at least 4 members (excludes halogenated alkanes) is 1. The topological polar surface area (TPSA) is 24.9 Å². The predicted molar refractivity (Wildman–Crippen MR) is 120 cm³/mol. The number of aryl methyl sites for hydroxylation is 2. The maximum atomic E-state index is 6.02. The van der Waals surface area contributed by atoms with Gasteiger partial charge in [0, 0.05) is 26.2 Å². The van der Waals surface area contributed by atoms with Crippen LogP contribution in [-0.4, -0.2) is 51.3 Å².